The summed E-state index contributed by atoms with van der Waals surface area (Å²) < 4.78 is 31.5. The van der Waals surface area contributed by atoms with Crippen LogP contribution in [0.1, 0.15) is 51.4 Å². The first-order valence-corrected chi connectivity index (χ1v) is 9.47. The van der Waals surface area contributed by atoms with E-state index in [4.69, 9.17) is 16.3 Å². The van der Waals surface area contributed by atoms with Crippen LogP contribution in [0.15, 0.2) is 0 Å². The summed E-state index contributed by atoms with van der Waals surface area (Å²) in [5, 5.41) is 0. The van der Waals surface area contributed by atoms with Crippen LogP contribution in [0.2, 0.25) is 0 Å². The van der Waals surface area contributed by atoms with Crippen LogP contribution in [0.3, 0.4) is 0 Å². The monoisotopic (exact) mass is 311 g/mol. The molecule has 19 heavy (non-hydrogen) atoms. The highest BCUT2D eigenvalue weighted by molar-refractivity contribution is 7.89. The van der Waals surface area contributed by atoms with E-state index >= 15 is 0 Å². The van der Waals surface area contributed by atoms with Crippen LogP contribution in [-0.2, 0) is 14.8 Å². The molecule has 0 heterocycles. The van der Waals surface area contributed by atoms with Crippen LogP contribution in [0, 0.1) is 0 Å². The predicted molar refractivity (Wildman–Crippen MR) is 79.2 cm³/mol. The van der Waals surface area contributed by atoms with Crippen molar-refractivity contribution in [3.05, 3.63) is 0 Å². The third kappa shape index (κ3) is 8.84. The summed E-state index contributed by atoms with van der Waals surface area (Å²) in [5.74, 6) is 0.688. The number of hydrogen-bond donors (Lipinski definition) is 1. The van der Waals surface area contributed by atoms with Crippen molar-refractivity contribution >= 4 is 21.6 Å². The molecule has 0 aliphatic heterocycles. The molecule has 0 unspecified atom stereocenters. The topological polar surface area (TPSA) is 55.4 Å². The second-order valence-corrected chi connectivity index (χ2v) is 7.40. The maximum Gasteiger partial charge on any atom is 0.211 e. The van der Waals surface area contributed by atoms with Crippen molar-refractivity contribution in [2.24, 2.45) is 0 Å². The van der Waals surface area contributed by atoms with E-state index in [1.54, 1.807) is 0 Å². The van der Waals surface area contributed by atoms with E-state index in [2.05, 4.69) is 4.72 Å². The van der Waals surface area contributed by atoms with Gasteiger partial charge in [-0.05, 0) is 32.1 Å². The first kappa shape index (κ1) is 17.2. The highest BCUT2D eigenvalue weighted by atomic mass is 35.5. The Balaban J connectivity index is 1.99. The number of ether oxygens (including phenoxy) is 1. The fraction of sp³-hybridized carbons (Fsp3) is 1.00. The van der Waals surface area contributed by atoms with Crippen molar-refractivity contribution in [3.63, 3.8) is 0 Å². The van der Waals surface area contributed by atoms with Crippen LogP contribution < -0.4 is 4.72 Å². The molecule has 0 radical (unpaired) electrons. The normalized spacial score (nSPS) is 17.7. The summed E-state index contributed by atoms with van der Waals surface area (Å²) in [5.41, 5.74) is 0. The molecule has 114 valence electrons. The maximum absolute atomic E-state index is 11.6. The number of halogens is 1. The van der Waals surface area contributed by atoms with Crippen LogP contribution in [0.4, 0.5) is 0 Å². The zero-order chi connectivity index (χ0) is 14.0. The Morgan fingerprint density at radius 3 is 2.53 bits per heavy atom. The van der Waals surface area contributed by atoms with Gasteiger partial charge in [0.1, 0.15) is 0 Å². The summed E-state index contributed by atoms with van der Waals surface area (Å²) in [6.45, 7) is 1.12. The average molecular weight is 312 g/mol. The van der Waals surface area contributed by atoms with Crippen molar-refractivity contribution in [3.8, 4) is 0 Å². The van der Waals surface area contributed by atoms with Crippen molar-refractivity contribution in [1.29, 1.82) is 0 Å². The van der Waals surface area contributed by atoms with E-state index in [9.17, 15) is 8.42 Å². The van der Waals surface area contributed by atoms with Crippen molar-refractivity contribution in [1.82, 2.24) is 4.72 Å². The number of rotatable bonds is 10. The van der Waals surface area contributed by atoms with Gasteiger partial charge < -0.3 is 4.74 Å². The Bertz CT molecular complexity index is 316. The van der Waals surface area contributed by atoms with Gasteiger partial charge >= 0.3 is 0 Å². The number of nitrogens with one attached hydrogen (secondary N) is 1. The standard InChI is InChI=1S/C13H26ClNO3S/c14-9-4-5-12-19(16,17)15-10-6-11-18-13-7-2-1-3-8-13/h13,15H,1-12H2. The zero-order valence-electron chi connectivity index (χ0n) is 11.6. The maximum atomic E-state index is 11.6. The van der Waals surface area contributed by atoms with Gasteiger partial charge in [0, 0.05) is 19.0 Å². The molecule has 0 amide bonds. The summed E-state index contributed by atoms with van der Waals surface area (Å²) in [4.78, 5) is 0. The molecule has 1 rings (SSSR count). The Morgan fingerprint density at radius 2 is 1.84 bits per heavy atom. The molecule has 0 saturated heterocycles. The number of hydrogen-bond acceptors (Lipinski definition) is 3. The number of alkyl halides is 1. The minimum absolute atomic E-state index is 0.170. The van der Waals surface area contributed by atoms with Crippen molar-refractivity contribution in [2.75, 3.05) is 24.8 Å². The Morgan fingerprint density at radius 1 is 1.11 bits per heavy atom. The van der Waals surface area contributed by atoms with E-state index in [0.29, 0.717) is 31.6 Å². The fourth-order valence-electron chi connectivity index (χ4n) is 2.24. The summed E-state index contributed by atoms with van der Waals surface area (Å²) >= 11 is 5.52. The van der Waals surface area contributed by atoms with Crippen LogP contribution >= 0.6 is 11.6 Å². The molecule has 0 aromatic rings. The molecule has 0 aromatic carbocycles. The Labute approximate surface area is 122 Å². The third-order valence-electron chi connectivity index (χ3n) is 3.35. The van der Waals surface area contributed by atoms with Crippen LogP contribution in [0.5, 0.6) is 0 Å². The van der Waals surface area contributed by atoms with Crippen molar-refractivity contribution < 1.29 is 13.2 Å². The molecular formula is C13H26ClNO3S. The molecule has 1 N–H and O–H groups in total. The van der Waals surface area contributed by atoms with Gasteiger partial charge in [-0.2, -0.15) is 0 Å². The molecule has 6 heteroatoms. The Kier molecular flexibility index (Phi) is 9.03. The fourth-order valence-corrected chi connectivity index (χ4v) is 3.61. The number of unbranched alkanes of at least 4 members (excludes halogenated alkanes) is 1. The summed E-state index contributed by atoms with van der Waals surface area (Å²) in [6, 6.07) is 0. The first-order valence-electron chi connectivity index (χ1n) is 7.29. The highest BCUT2D eigenvalue weighted by Crippen LogP contribution is 2.20. The second kappa shape index (κ2) is 9.97. The SMILES string of the molecule is O=S(=O)(CCCCCl)NCCCOC1CCCCC1. The van der Waals surface area contributed by atoms with Crippen LogP contribution in [-0.4, -0.2) is 39.3 Å². The quantitative estimate of drug-likeness (QED) is 0.498. The summed E-state index contributed by atoms with van der Waals surface area (Å²) in [6.07, 6.45) is 8.66. The molecule has 1 fully saturated rings. The van der Waals surface area contributed by atoms with Gasteiger partial charge in [-0.1, -0.05) is 19.3 Å². The van der Waals surface area contributed by atoms with Gasteiger partial charge in [0.25, 0.3) is 0 Å². The van der Waals surface area contributed by atoms with Gasteiger partial charge in [0.2, 0.25) is 10.0 Å². The zero-order valence-corrected chi connectivity index (χ0v) is 13.1. The lowest BCUT2D eigenvalue weighted by molar-refractivity contribution is 0.0278. The van der Waals surface area contributed by atoms with E-state index < -0.39 is 10.0 Å². The largest absolute Gasteiger partial charge is 0.378 e. The minimum atomic E-state index is -3.12. The van der Waals surface area contributed by atoms with Gasteiger partial charge in [-0.15, -0.1) is 11.6 Å². The molecule has 0 aromatic heterocycles. The second-order valence-electron chi connectivity index (χ2n) is 5.09. The van der Waals surface area contributed by atoms with Crippen LogP contribution in [0.25, 0.3) is 0 Å². The number of sulfonamides is 1. The molecule has 1 aliphatic rings. The van der Waals surface area contributed by atoms with E-state index in [0.717, 1.165) is 25.7 Å². The first-order chi connectivity index (χ1) is 9.14. The lowest BCUT2D eigenvalue weighted by atomic mass is 9.98. The van der Waals surface area contributed by atoms with Gasteiger partial charge in [0.15, 0.2) is 0 Å². The summed E-state index contributed by atoms with van der Waals surface area (Å²) in [7, 11) is -3.12. The highest BCUT2D eigenvalue weighted by Gasteiger charge is 2.13. The molecule has 0 atom stereocenters. The molecule has 0 spiro atoms. The third-order valence-corrected chi connectivity index (χ3v) is 5.08. The van der Waals surface area contributed by atoms with Gasteiger partial charge in [-0.25, -0.2) is 13.1 Å². The van der Waals surface area contributed by atoms with Crippen molar-refractivity contribution in [2.45, 2.75) is 57.5 Å². The van der Waals surface area contributed by atoms with Gasteiger partial charge in [-0.3, -0.25) is 0 Å². The molecular weight excluding hydrogens is 286 g/mol. The van der Waals surface area contributed by atoms with Gasteiger partial charge in [0.05, 0.1) is 11.9 Å². The lowest BCUT2D eigenvalue weighted by Gasteiger charge is -2.21. The Hall–Kier alpha value is 0.160. The lowest BCUT2D eigenvalue weighted by Crippen LogP contribution is -2.28. The van der Waals surface area contributed by atoms with E-state index in [-0.39, 0.29) is 5.75 Å². The smallest absolute Gasteiger partial charge is 0.211 e. The average Bonchev–Trinajstić information content (AvgIpc) is 2.39. The molecule has 1 saturated carbocycles. The minimum Gasteiger partial charge on any atom is -0.378 e. The van der Waals surface area contributed by atoms with E-state index in [1.807, 2.05) is 0 Å². The van der Waals surface area contributed by atoms with E-state index in [1.165, 1.54) is 19.3 Å². The molecule has 4 nitrogen and oxygen atoms in total. The predicted octanol–water partition coefficient (Wildman–Crippen LogP) is 2.66. The molecule has 1 aliphatic carbocycles. The molecule has 0 bridgehead atoms.